The molecule has 0 saturated heterocycles. The topological polar surface area (TPSA) is 34.9 Å². The molecule has 0 radical (unpaired) electrons. The normalized spacial score (nSPS) is 18.8. The van der Waals surface area contributed by atoms with Crippen molar-refractivity contribution in [3.8, 4) is 10.4 Å². The zero-order valence-electron chi connectivity index (χ0n) is 21.3. The third-order valence-corrected chi connectivity index (χ3v) is 9.34. The first-order valence-electron chi connectivity index (χ1n) is 13.1. The van der Waals surface area contributed by atoms with Gasteiger partial charge < -0.3 is 0 Å². The molecule has 0 atom stereocenters. The van der Waals surface area contributed by atoms with Crippen LogP contribution in [-0.2, 0) is 0 Å². The Morgan fingerprint density at radius 3 is 2.25 bits per heavy atom. The van der Waals surface area contributed by atoms with Crippen molar-refractivity contribution >= 4 is 39.4 Å². The van der Waals surface area contributed by atoms with Crippen LogP contribution in [0.25, 0.3) is 32.6 Å². The second-order valence-electron chi connectivity index (χ2n) is 10.8. The van der Waals surface area contributed by atoms with Crippen LogP contribution in [0.5, 0.6) is 0 Å². The minimum Gasteiger partial charge on any atom is -0.268 e. The number of hydrogen-bond acceptors (Lipinski definition) is 3. The fraction of sp³-hybridized carbons (Fsp3) is 0.312. The van der Waals surface area contributed by atoms with Crippen LogP contribution >= 0.6 is 11.3 Å². The Balaban J connectivity index is 1.51. The Bertz CT molecular complexity index is 1620. The molecule has 0 spiro atoms. The maximum Gasteiger partial charge on any atom is 0.264 e. The van der Waals surface area contributed by atoms with E-state index in [0.717, 1.165) is 28.0 Å². The van der Waals surface area contributed by atoms with E-state index in [1.54, 1.807) is 0 Å². The number of hydrogen-bond donors (Lipinski definition) is 0. The summed E-state index contributed by atoms with van der Waals surface area (Å²) in [5, 5.41) is 0. The Hall–Kier alpha value is -3.24. The van der Waals surface area contributed by atoms with Gasteiger partial charge in [0.15, 0.2) is 0 Å². The van der Waals surface area contributed by atoms with Gasteiger partial charge in [0.2, 0.25) is 0 Å². The summed E-state index contributed by atoms with van der Waals surface area (Å²) in [6.45, 7) is 8.64. The van der Waals surface area contributed by atoms with Crippen LogP contribution < -0.4 is 0 Å². The molecule has 7 rings (SSSR count). The SMILES string of the molecule is C/C(=C1/C(=C(C2CC2)C2CC2)C(=O)n2c1nc1cc(C)c(C)cc12)c1cc(-c2ccccc2)sc1C. The van der Waals surface area contributed by atoms with Crippen LogP contribution in [-0.4, -0.2) is 15.5 Å². The molecule has 2 fully saturated rings. The second kappa shape index (κ2) is 7.88. The van der Waals surface area contributed by atoms with Gasteiger partial charge in [-0.3, -0.25) is 9.36 Å². The third kappa shape index (κ3) is 3.31. The summed E-state index contributed by atoms with van der Waals surface area (Å²) in [6.07, 6.45) is 4.86. The molecule has 1 aliphatic heterocycles. The van der Waals surface area contributed by atoms with E-state index < -0.39 is 0 Å². The fourth-order valence-electron chi connectivity index (χ4n) is 5.92. The molecular formula is C32H30N2OS. The lowest BCUT2D eigenvalue weighted by atomic mass is 9.89. The van der Waals surface area contributed by atoms with Crippen LogP contribution in [0.1, 0.15) is 64.8 Å². The summed E-state index contributed by atoms with van der Waals surface area (Å²) in [4.78, 5) is 21.9. The van der Waals surface area contributed by atoms with Crippen molar-refractivity contribution in [2.75, 3.05) is 0 Å². The molecule has 3 heterocycles. The molecule has 2 saturated carbocycles. The molecular weight excluding hydrogens is 460 g/mol. The highest BCUT2D eigenvalue weighted by molar-refractivity contribution is 7.15. The van der Waals surface area contributed by atoms with Gasteiger partial charge in [-0.15, -0.1) is 11.3 Å². The van der Waals surface area contributed by atoms with Gasteiger partial charge in [0.05, 0.1) is 16.6 Å². The lowest BCUT2D eigenvalue weighted by molar-refractivity contribution is 0.0970. The summed E-state index contributed by atoms with van der Waals surface area (Å²) < 4.78 is 1.92. The molecule has 180 valence electrons. The van der Waals surface area contributed by atoms with Crippen molar-refractivity contribution in [3.05, 3.63) is 87.1 Å². The van der Waals surface area contributed by atoms with Crippen molar-refractivity contribution in [2.45, 2.75) is 53.4 Å². The van der Waals surface area contributed by atoms with E-state index in [1.165, 1.54) is 68.8 Å². The molecule has 36 heavy (non-hydrogen) atoms. The molecule has 2 aliphatic carbocycles. The van der Waals surface area contributed by atoms with Gasteiger partial charge >= 0.3 is 0 Å². The molecule has 0 amide bonds. The Morgan fingerprint density at radius 1 is 0.917 bits per heavy atom. The zero-order valence-corrected chi connectivity index (χ0v) is 22.1. The van der Waals surface area contributed by atoms with Crippen LogP contribution in [0.15, 0.2) is 59.7 Å². The summed E-state index contributed by atoms with van der Waals surface area (Å²) in [7, 11) is 0. The first-order chi connectivity index (χ1) is 17.4. The highest BCUT2D eigenvalue weighted by atomic mass is 32.1. The van der Waals surface area contributed by atoms with Crippen LogP contribution in [0.2, 0.25) is 0 Å². The number of rotatable bonds is 4. The van der Waals surface area contributed by atoms with Crippen molar-refractivity contribution < 1.29 is 4.79 Å². The fourth-order valence-corrected chi connectivity index (χ4v) is 7.01. The molecule has 0 N–H and O–H groups in total. The first kappa shape index (κ1) is 22.0. The third-order valence-electron chi connectivity index (χ3n) is 8.24. The number of fused-ring (bicyclic) bond motifs is 3. The maximum atomic E-state index is 14.3. The standard InChI is InChI=1S/C32H30N2OS/c1-17-14-25-26(15-18(17)2)34-31(33-25)28(30(32(34)35)29(22-10-11-22)23-12-13-23)19(3)24-16-27(36-20(24)4)21-8-6-5-7-9-21/h5-9,14-16,22-23H,10-13H2,1-4H3/b28-19+. The van der Waals surface area contributed by atoms with E-state index in [0.29, 0.717) is 11.8 Å². The average molecular weight is 491 g/mol. The lowest BCUT2D eigenvalue weighted by Gasteiger charge is -2.13. The highest BCUT2D eigenvalue weighted by Crippen LogP contribution is 2.54. The van der Waals surface area contributed by atoms with Crippen LogP contribution in [0.3, 0.4) is 0 Å². The monoisotopic (exact) mass is 490 g/mol. The Morgan fingerprint density at radius 2 is 1.58 bits per heavy atom. The minimum atomic E-state index is 0.134. The van der Waals surface area contributed by atoms with E-state index in [9.17, 15) is 4.79 Å². The zero-order chi connectivity index (χ0) is 24.7. The number of carbonyl (C=O) groups excluding carboxylic acids is 1. The number of benzene rings is 2. The number of aryl methyl sites for hydroxylation is 3. The number of nitrogens with zero attached hydrogens (tertiary/aromatic N) is 2. The Kier molecular flexibility index (Phi) is 4.81. The van der Waals surface area contributed by atoms with E-state index >= 15 is 0 Å². The highest BCUT2D eigenvalue weighted by Gasteiger charge is 2.45. The van der Waals surface area contributed by atoms with Gasteiger partial charge in [-0.05, 0) is 111 Å². The average Bonchev–Trinajstić information content (AvgIpc) is 3.79. The van der Waals surface area contributed by atoms with Gasteiger partial charge in [-0.2, -0.15) is 0 Å². The molecule has 2 aromatic carbocycles. The quantitative estimate of drug-likeness (QED) is 0.269. The lowest BCUT2D eigenvalue weighted by Crippen LogP contribution is -2.10. The van der Waals surface area contributed by atoms with Gasteiger partial charge in [0.1, 0.15) is 5.82 Å². The predicted octanol–water partition coefficient (Wildman–Crippen LogP) is 8.39. The Labute approximate surface area is 216 Å². The molecule has 3 nitrogen and oxygen atoms in total. The molecule has 0 bridgehead atoms. The van der Waals surface area contributed by atoms with Crippen LogP contribution in [0.4, 0.5) is 0 Å². The van der Waals surface area contributed by atoms with E-state index in [2.05, 4.69) is 76.2 Å². The van der Waals surface area contributed by atoms with E-state index in [-0.39, 0.29) is 5.91 Å². The van der Waals surface area contributed by atoms with Crippen molar-refractivity contribution in [3.63, 3.8) is 0 Å². The summed E-state index contributed by atoms with van der Waals surface area (Å²) in [5.74, 6) is 2.11. The van der Waals surface area contributed by atoms with Crippen molar-refractivity contribution in [1.29, 1.82) is 0 Å². The summed E-state index contributed by atoms with van der Waals surface area (Å²) in [5.41, 5.74) is 11.4. The summed E-state index contributed by atoms with van der Waals surface area (Å²) >= 11 is 1.83. The van der Waals surface area contributed by atoms with E-state index in [1.807, 2.05) is 15.9 Å². The summed E-state index contributed by atoms with van der Waals surface area (Å²) in [6, 6.07) is 17.2. The maximum absolute atomic E-state index is 14.3. The molecule has 4 aromatic rings. The predicted molar refractivity (Wildman–Crippen MR) is 149 cm³/mol. The van der Waals surface area contributed by atoms with Gasteiger partial charge in [0.25, 0.3) is 5.91 Å². The molecule has 3 aliphatic rings. The van der Waals surface area contributed by atoms with Crippen LogP contribution in [0, 0.1) is 32.6 Å². The molecule has 4 heteroatoms. The largest absolute Gasteiger partial charge is 0.268 e. The first-order valence-corrected chi connectivity index (χ1v) is 13.9. The number of carbonyl (C=O) groups is 1. The van der Waals surface area contributed by atoms with E-state index in [4.69, 9.17) is 4.98 Å². The van der Waals surface area contributed by atoms with Crippen molar-refractivity contribution in [1.82, 2.24) is 9.55 Å². The van der Waals surface area contributed by atoms with Crippen molar-refractivity contribution in [2.24, 2.45) is 11.8 Å². The smallest absolute Gasteiger partial charge is 0.264 e. The second-order valence-corrected chi connectivity index (χ2v) is 12.1. The molecule has 0 unspecified atom stereocenters. The molecule has 2 aromatic heterocycles. The van der Waals surface area contributed by atoms with Gasteiger partial charge in [0, 0.05) is 15.3 Å². The number of aromatic nitrogens is 2. The van der Waals surface area contributed by atoms with Gasteiger partial charge in [-0.1, -0.05) is 35.9 Å². The number of imidazole rings is 1. The minimum absolute atomic E-state index is 0.134. The van der Waals surface area contributed by atoms with Gasteiger partial charge in [-0.25, -0.2) is 4.98 Å². The number of thiophene rings is 1. The number of allylic oxidation sites excluding steroid dienone is 4.